The minimum Gasteiger partial charge on any atom is -0.463 e. The highest BCUT2D eigenvalue weighted by Crippen LogP contribution is 2.25. The van der Waals surface area contributed by atoms with Crippen molar-refractivity contribution in [1.82, 2.24) is 4.98 Å². The largest absolute Gasteiger partial charge is 0.463 e. The first-order valence-electron chi connectivity index (χ1n) is 6.13. The van der Waals surface area contributed by atoms with Gasteiger partial charge in [0, 0.05) is 17.2 Å². The number of halogens is 2. The maximum atomic E-state index is 13.9. The molecular formula is C15H13F2NO2. The molecule has 0 radical (unpaired) electrons. The van der Waals surface area contributed by atoms with Gasteiger partial charge in [-0.25, -0.2) is 18.6 Å². The van der Waals surface area contributed by atoms with Crippen LogP contribution >= 0.6 is 0 Å². The zero-order chi connectivity index (χ0) is 14.7. The van der Waals surface area contributed by atoms with Crippen LogP contribution in [0.4, 0.5) is 8.78 Å². The molecule has 0 aliphatic carbocycles. The molecule has 0 aliphatic heterocycles. The summed E-state index contributed by atoms with van der Waals surface area (Å²) in [5.74, 6) is -1.72. The molecule has 0 bridgehead atoms. The predicted molar refractivity (Wildman–Crippen MR) is 72.1 cm³/mol. The number of hydrogen-bond donors (Lipinski definition) is 0. The molecule has 0 aliphatic rings. The van der Waals surface area contributed by atoms with E-state index in [1.165, 1.54) is 12.2 Å². The highest BCUT2D eigenvalue weighted by atomic mass is 19.1. The standard InChI is InChI=1S/C15H13F2NO2/c1-3-20-13(19)7-4-10-8-9(2)18-15-12(17)6-5-11(16)14(10)15/h4-8H,3H2,1-2H3/b7-4+. The fourth-order valence-electron chi connectivity index (χ4n) is 1.91. The van der Waals surface area contributed by atoms with E-state index < -0.39 is 17.6 Å². The molecule has 2 aromatic rings. The highest BCUT2D eigenvalue weighted by Gasteiger charge is 2.11. The van der Waals surface area contributed by atoms with Crippen molar-refractivity contribution in [1.29, 1.82) is 0 Å². The number of pyridine rings is 1. The van der Waals surface area contributed by atoms with Gasteiger partial charge in [0.1, 0.15) is 17.2 Å². The average molecular weight is 277 g/mol. The molecule has 0 saturated heterocycles. The van der Waals surface area contributed by atoms with Gasteiger partial charge in [-0.05, 0) is 43.7 Å². The molecule has 0 spiro atoms. The second kappa shape index (κ2) is 5.77. The van der Waals surface area contributed by atoms with Gasteiger partial charge in [0.15, 0.2) is 0 Å². The monoisotopic (exact) mass is 277 g/mol. The number of ether oxygens (including phenoxy) is 1. The van der Waals surface area contributed by atoms with Gasteiger partial charge >= 0.3 is 5.97 Å². The third-order valence-corrected chi connectivity index (χ3v) is 2.70. The van der Waals surface area contributed by atoms with Crippen LogP contribution in [0.25, 0.3) is 17.0 Å². The minimum atomic E-state index is -0.601. The van der Waals surface area contributed by atoms with Gasteiger partial charge in [0.05, 0.1) is 6.61 Å². The van der Waals surface area contributed by atoms with Gasteiger partial charge in [-0.15, -0.1) is 0 Å². The first-order chi connectivity index (χ1) is 9.52. The van der Waals surface area contributed by atoms with E-state index in [1.54, 1.807) is 19.9 Å². The third-order valence-electron chi connectivity index (χ3n) is 2.70. The molecule has 3 nitrogen and oxygen atoms in total. The minimum absolute atomic E-state index is 0.0477. The SMILES string of the molecule is CCOC(=O)/C=C/c1cc(C)nc2c(F)ccc(F)c12. The second-order valence-corrected chi connectivity index (χ2v) is 4.19. The van der Waals surface area contributed by atoms with Crippen LogP contribution in [0.3, 0.4) is 0 Å². The zero-order valence-corrected chi connectivity index (χ0v) is 11.1. The van der Waals surface area contributed by atoms with Gasteiger partial charge in [0.2, 0.25) is 0 Å². The summed E-state index contributed by atoms with van der Waals surface area (Å²) >= 11 is 0. The molecule has 0 atom stereocenters. The second-order valence-electron chi connectivity index (χ2n) is 4.19. The lowest BCUT2D eigenvalue weighted by Crippen LogP contribution is -1.99. The van der Waals surface area contributed by atoms with Gasteiger partial charge in [-0.3, -0.25) is 0 Å². The van der Waals surface area contributed by atoms with Gasteiger partial charge in [0.25, 0.3) is 0 Å². The van der Waals surface area contributed by atoms with Crippen LogP contribution in [0.15, 0.2) is 24.3 Å². The fourth-order valence-corrected chi connectivity index (χ4v) is 1.91. The molecule has 20 heavy (non-hydrogen) atoms. The number of aryl methyl sites for hydroxylation is 1. The summed E-state index contributed by atoms with van der Waals surface area (Å²) in [6.07, 6.45) is 2.58. The molecule has 5 heteroatoms. The number of nitrogens with zero attached hydrogens (tertiary/aromatic N) is 1. The number of carbonyl (C=O) groups excluding carboxylic acids is 1. The van der Waals surface area contributed by atoms with Crippen LogP contribution < -0.4 is 0 Å². The van der Waals surface area contributed by atoms with Crippen LogP contribution in [-0.4, -0.2) is 17.6 Å². The lowest BCUT2D eigenvalue weighted by molar-refractivity contribution is -0.137. The fraction of sp³-hybridized carbons (Fsp3) is 0.200. The number of esters is 1. The summed E-state index contributed by atoms with van der Waals surface area (Å²) in [6.45, 7) is 3.61. The normalized spacial score (nSPS) is 11.2. The number of aromatic nitrogens is 1. The Labute approximate surface area is 114 Å². The molecule has 2 rings (SSSR count). The van der Waals surface area contributed by atoms with E-state index >= 15 is 0 Å². The average Bonchev–Trinajstić information content (AvgIpc) is 2.40. The van der Waals surface area contributed by atoms with Crippen LogP contribution in [0, 0.1) is 18.6 Å². The summed E-state index contributed by atoms with van der Waals surface area (Å²) in [5.41, 5.74) is 0.872. The van der Waals surface area contributed by atoms with E-state index in [2.05, 4.69) is 4.98 Å². The molecule has 1 heterocycles. The quantitative estimate of drug-likeness (QED) is 0.637. The van der Waals surface area contributed by atoms with Crippen LogP contribution in [0.5, 0.6) is 0 Å². The summed E-state index contributed by atoms with van der Waals surface area (Å²) < 4.78 is 32.3. The Kier molecular flexibility index (Phi) is 4.08. The van der Waals surface area contributed by atoms with E-state index in [0.29, 0.717) is 11.3 Å². The molecule has 1 aromatic heterocycles. The Morgan fingerprint density at radius 1 is 1.35 bits per heavy atom. The summed E-state index contributed by atoms with van der Waals surface area (Å²) in [5, 5.41) is 0.0520. The predicted octanol–water partition coefficient (Wildman–Crippen LogP) is 3.40. The molecule has 0 amide bonds. The Balaban J connectivity index is 2.58. The topological polar surface area (TPSA) is 39.2 Å². The molecule has 1 aromatic carbocycles. The summed E-state index contributed by atoms with van der Waals surface area (Å²) in [7, 11) is 0. The zero-order valence-electron chi connectivity index (χ0n) is 11.1. The molecule has 0 fully saturated rings. The Bertz CT molecular complexity index is 696. The van der Waals surface area contributed by atoms with Crippen LogP contribution in [-0.2, 0) is 9.53 Å². The number of hydrogen-bond acceptors (Lipinski definition) is 3. The van der Waals surface area contributed by atoms with Crippen molar-refractivity contribution in [2.75, 3.05) is 6.61 Å². The molecule has 104 valence electrons. The van der Waals surface area contributed by atoms with Crippen LogP contribution in [0.1, 0.15) is 18.2 Å². The van der Waals surface area contributed by atoms with E-state index in [9.17, 15) is 13.6 Å². The van der Waals surface area contributed by atoms with E-state index in [-0.39, 0.29) is 17.5 Å². The van der Waals surface area contributed by atoms with Crippen molar-refractivity contribution >= 4 is 22.9 Å². The highest BCUT2D eigenvalue weighted by molar-refractivity contribution is 5.94. The smallest absolute Gasteiger partial charge is 0.330 e. The Morgan fingerprint density at radius 3 is 2.75 bits per heavy atom. The van der Waals surface area contributed by atoms with E-state index in [0.717, 1.165) is 12.1 Å². The van der Waals surface area contributed by atoms with Crippen molar-refractivity contribution in [2.45, 2.75) is 13.8 Å². The Hall–Kier alpha value is -2.30. The molecule has 0 unspecified atom stereocenters. The lowest BCUT2D eigenvalue weighted by Gasteiger charge is -2.06. The number of carbonyl (C=O) groups is 1. The molecule has 0 N–H and O–H groups in total. The van der Waals surface area contributed by atoms with Gasteiger partial charge < -0.3 is 4.74 Å². The van der Waals surface area contributed by atoms with Crippen molar-refractivity contribution in [3.8, 4) is 0 Å². The van der Waals surface area contributed by atoms with Crippen molar-refractivity contribution in [3.63, 3.8) is 0 Å². The van der Waals surface area contributed by atoms with Crippen molar-refractivity contribution < 1.29 is 18.3 Å². The molecular weight excluding hydrogens is 264 g/mol. The molecule has 0 saturated carbocycles. The van der Waals surface area contributed by atoms with Crippen LogP contribution in [0.2, 0.25) is 0 Å². The first-order valence-corrected chi connectivity index (χ1v) is 6.13. The first kappa shape index (κ1) is 14.1. The Morgan fingerprint density at radius 2 is 2.05 bits per heavy atom. The third kappa shape index (κ3) is 2.82. The summed E-state index contributed by atoms with van der Waals surface area (Å²) in [4.78, 5) is 15.3. The van der Waals surface area contributed by atoms with Gasteiger partial charge in [-0.2, -0.15) is 0 Å². The van der Waals surface area contributed by atoms with E-state index in [1.807, 2.05) is 0 Å². The number of rotatable bonds is 3. The maximum absolute atomic E-state index is 13.9. The maximum Gasteiger partial charge on any atom is 0.330 e. The number of benzene rings is 1. The van der Waals surface area contributed by atoms with E-state index in [4.69, 9.17) is 4.74 Å². The van der Waals surface area contributed by atoms with Gasteiger partial charge in [-0.1, -0.05) is 0 Å². The van der Waals surface area contributed by atoms with Crippen molar-refractivity contribution in [3.05, 3.63) is 47.2 Å². The number of fused-ring (bicyclic) bond motifs is 1. The summed E-state index contributed by atoms with van der Waals surface area (Å²) in [6, 6.07) is 3.65. The lowest BCUT2D eigenvalue weighted by atomic mass is 10.1. The van der Waals surface area contributed by atoms with Crippen molar-refractivity contribution in [2.24, 2.45) is 0 Å².